The lowest BCUT2D eigenvalue weighted by Crippen LogP contribution is -2.39. The number of amides is 1. The van der Waals surface area contributed by atoms with Crippen molar-refractivity contribution in [1.29, 1.82) is 0 Å². The first kappa shape index (κ1) is 13.3. The molecule has 0 bridgehead atoms. The van der Waals surface area contributed by atoms with Crippen LogP contribution in [0.4, 0.5) is 5.82 Å². The number of aromatic nitrogens is 2. The van der Waals surface area contributed by atoms with Crippen molar-refractivity contribution in [3.8, 4) is 0 Å². The van der Waals surface area contributed by atoms with E-state index in [4.69, 9.17) is 0 Å². The number of carbonyl (C=O) groups excluding carboxylic acids is 1. The molecule has 0 aromatic carbocycles. The number of fused-ring (bicyclic) bond motifs is 1. The van der Waals surface area contributed by atoms with Crippen LogP contribution < -0.4 is 5.32 Å². The second kappa shape index (κ2) is 6.20. The highest BCUT2D eigenvalue weighted by molar-refractivity contribution is 5.80. The summed E-state index contributed by atoms with van der Waals surface area (Å²) in [7, 11) is 0. The van der Waals surface area contributed by atoms with Crippen LogP contribution in [-0.2, 0) is 17.6 Å². The summed E-state index contributed by atoms with van der Waals surface area (Å²) >= 11 is 0. The number of carbonyl (C=O) groups is 1. The third-order valence-corrected chi connectivity index (χ3v) is 4.24. The molecule has 0 atom stereocenters. The molecule has 3 rings (SSSR count). The molecule has 0 saturated carbocycles. The van der Waals surface area contributed by atoms with Crippen molar-refractivity contribution in [2.45, 2.75) is 44.9 Å². The van der Waals surface area contributed by atoms with Crippen LogP contribution in [0.2, 0.25) is 0 Å². The molecule has 1 saturated heterocycles. The van der Waals surface area contributed by atoms with Crippen molar-refractivity contribution in [3.63, 3.8) is 0 Å². The number of hydrogen-bond donors (Lipinski definition) is 1. The van der Waals surface area contributed by atoms with E-state index in [0.717, 1.165) is 50.3 Å². The molecule has 0 radical (unpaired) electrons. The highest BCUT2D eigenvalue weighted by atomic mass is 16.2. The molecule has 0 unspecified atom stereocenters. The number of hydrogen-bond acceptors (Lipinski definition) is 4. The standard InChI is InChI=1S/C15H22N4O/c20-14(19-8-4-1-5-9-19)10-16-15-12-6-2-3-7-13(12)17-11-18-15/h11H,1-10H2,(H,16,17,18). The summed E-state index contributed by atoms with van der Waals surface area (Å²) in [5.74, 6) is 1.05. The molecule has 108 valence electrons. The Hall–Kier alpha value is -1.65. The Kier molecular flexibility index (Phi) is 4.14. The maximum Gasteiger partial charge on any atom is 0.241 e. The molecular formula is C15H22N4O. The first-order valence-electron chi connectivity index (χ1n) is 7.69. The number of nitrogens with zero attached hydrogens (tertiary/aromatic N) is 3. The Balaban J connectivity index is 1.62. The maximum absolute atomic E-state index is 12.2. The van der Waals surface area contributed by atoms with Crippen molar-refractivity contribution < 1.29 is 4.79 Å². The van der Waals surface area contributed by atoms with Crippen LogP contribution in [-0.4, -0.2) is 40.4 Å². The van der Waals surface area contributed by atoms with Gasteiger partial charge in [0.1, 0.15) is 12.1 Å². The number of anilines is 1. The lowest BCUT2D eigenvalue weighted by atomic mass is 9.96. The first-order valence-corrected chi connectivity index (χ1v) is 7.69. The van der Waals surface area contributed by atoms with Gasteiger partial charge in [-0.1, -0.05) is 0 Å². The van der Waals surface area contributed by atoms with Gasteiger partial charge in [-0.15, -0.1) is 0 Å². The van der Waals surface area contributed by atoms with E-state index < -0.39 is 0 Å². The van der Waals surface area contributed by atoms with Crippen LogP contribution >= 0.6 is 0 Å². The van der Waals surface area contributed by atoms with E-state index in [0.29, 0.717) is 6.54 Å². The van der Waals surface area contributed by atoms with Crippen molar-refractivity contribution >= 4 is 11.7 Å². The van der Waals surface area contributed by atoms with Crippen LogP contribution in [0.3, 0.4) is 0 Å². The number of rotatable bonds is 3. The highest BCUT2D eigenvalue weighted by Gasteiger charge is 2.18. The van der Waals surface area contributed by atoms with E-state index in [-0.39, 0.29) is 5.91 Å². The molecule has 1 amide bonds. The van der Waals surface area contributed by atoms with Gasteiger partial charge in [0.25, 0.3) is 0 Å². The monoisotopic (exact) mass is 274 g/mol. The lowest BCUT2D eigenvalue weighted by Gasteiger charge is -2.27. The molecule has 0 spiro atoms. The summed E-state index contributed by atoms with van der Waals surface area (Å²) in [6, 6.07) is 0. The molecule has 1 aliphatic heterocycles. The van der Waals surface area contributed by atoms with Crippen LogP contribution in [0, 0.1) is 0 Å². The van der Waals surface area contributed by atoms with E-state index in [2.05, 4.69) is 15.3 Å². The van der Waals surface area contributed by atoms with Crippen LogP contribution in [0.1, 0.15) is 43.4 Å². The van der Waals surface area contributed by atoms with Crippen LogP contribution in [0.25, 0.3) is 0 Å². The molecule has 2 heterocycles. The molecule has 5 heteroatoms. The third-order valence-electron chi connectivity index (χ3n) is 4.24. The predicted octanol–water partition coefficient (Wildman–Crippen LogP) is 1.78. The van der Waals surface area contributed by atoms with E-state index >= 15 is 0 Å². The van der Waals surface area contributed by atoms with Gasteiger partial charge in [-0.3, -0.25) is 4.79 Å². The first-order chi connectivity index (χ1) is 9.84. The topological polar surface area (TPSA) is 58.1 Å². The lowest BCUT2D eigenvalue weighted by molar-refractivity contribution is -0.130. The van der Waals surface area contributed by atoms with Crippen LogP contribution in [0.15, 0.2) is 6.33 Å². The van der Waals surface area contributed by atoms with Gasteiger partial charge in [-0.05, 0) is 44.9 Å². The zero-order valence-electron chi connectivity index (χ0n) is 11.9. The number of likely N-dealkylation sites (tertiary alicyclic amines) is 1. The molecular weight excluding hydrogens is 252 g/mol. The maximum atomic E-state index is 12.2. The minimum absolute atomic E-state index is 0.188. The predicted molar refractivity (Wildman–Crippen MR) is 77.6 cm³/mol. The Morgan fingerprint density at radius 1 is 1.10 bits per heavy atom. The smallest absolute Gasteiger partial charge is 0.241 e. The molecule has 2 aliphatic rings. The summed E-state index contributed by atoms with van der Waals surface area (Å²) in [6.45, 7) is 2.16. The molecule has 1 aliphatic carbocycles. The largest absolute Gasteiger partial charge is 0.361 e. The number of piperidine rings is 1. The Bertz CT molecular complexity index is 483. The van der Waals surface area contributed by atoms with Gasteiger partial charge < -0.3 is 10.2 Å². The molecule has 20 heavy (non-hydrogen) atoms. The fraction of sp³-hybridized carbons (Fsp3) is 0.667. The highest BCUT2D eigenvalue weighted by Crippen LogP contribution is 2.24. The number of aryl methyl sites for hydroxylation is 1. The second-order valence-electron chi connectivity index (χ2n) is 5.65. The Morgan fingerprint density at radius 3 is 2.75 bits per heavy atom. The average molecular weight is 274 g/mol. The summed E-state index contributed by atoms with van der Waals surface area (Å²) in [5, 5.41) is 3.23. The Labute approximate surface area is 119 Å². The van der Waals surface area contributed by atoms with Gasteiger partial charge in [-0.2, -0.15) is 0 Å². The molecule has 1 aromatic rings. The zero-order chi connectivity index (χ0) is 13.8. The third kappa shape index (κ3) is 2.92. The fourth-order valence-electron chi connectivity index (χ4n) is 3.09. The minimum atomic E-state index is 0.188. The molecule has 1 N–H and O–H groups in total. The summed E-state index contributed by atoms with van der Waals surface area (Å²) in [4.78, 5) is 22.8. The van der Waals surface area contributed by atoms with Gasteiger partial charge in [0.15, 0.2) is 0 Å². The summed E-state index contributed by atoms with van der Waals surface area (Å²) in [5.41, 5.74) is 2.37. The second-order valence-corrected chi connectivity index (χ2v) is 5.65. The SMILES string of the molecule is O=C(CNc1ncnc2c1CCCC2)N1CCCCC1. The fourth-order valence-corrected chi connectivity index (χ4v) is 3.09. The normalized spacial score (nSPS) is 18.5. The van der Waals surface area contributed by atoms with Gasteiger partial charge in [0, 0.05) is 24.3 Å². The van der Waals surface area contributed by atoms with Gasteiger partial charge in [-0.25, -0.2) is 9.97 Å². The van der Waals surface area contributed by atoms with Crippen molar-refractivity contribution in [1.82, 2.24) is 14.9 Å². The molecule has 1 aromatic heterocycles. The summed E-state index contributed by atoms with van der Waals surface area (Å²) in [6.07, 6.45) is 9.58. The number of nitrogens with one attached hydrogen (secondary N) is 1. The minimum Gasteiger partial charge on any atom is -0.361 e. The molecule has 5 nitrogen and oxygen atoms in total. The quantitative estimate of drug-likeness (QED) is 0.913. The Morgan fingerprint density at radius 2 is 1.90 bits per heavy atom. The zero-order valence-corrected chi connectivity index (χ0v) is 11.9. The van der Waals surface area contributed by atoms with Gasteiger partial charge >= 0.3 is 0 Å². The average Bonchev–Trinajstić information content (AvgIpc) is 2.53. The van der Waals surface area contributed by atoms with Gasteiger partial charge in [0.2, 0.25) is 5.91 Å². The van der Waals surface area contributed by atoms with Crippen molar-refractivity contribution in [2.24, 2.45) is 0 Å². The van der Waals surface area contributed by atoms with E-state index in [1.165, 1.54) is 24.8 Å². The summed E-state index contributed by atoms with van der Waals surface area (Å²) < 4.78 is 0. The van der Waals surface area contributed by atoms with E-state index in [1.54, 1.807) is 6.33 Å². The van der Waals surface area contributed by atoms with Crippen molar-refractivity contribution in [3.05, 3.63) is 17.6 Å². The van der Waals surface area contributed by atoms with Crippen molar-refractivity contribution in [2.75, 3.05) is 25.0 Å². The van der Waals surface area contributed by atoms with Gasteiger partial charge in [0.05, 0.1) is 6.54 Å². The van der Waals surface area contributed by atoms with E-state index in [1.807, 2.05) is 4.90 Å². The molecule has 1 fully saturated rings. The van der Waals surface area contributed by atoms with Crippen LogP contribution in [0.5, 0.6) is 0 Å². The van der Waals surface area contributed by atoms with E-state index in [9.17, 15) is 4.79 Å².